The maximum Gasteiger partial charge on any atom is 0.300 e. The van der Waals surface area contributed by atoms with Crippen molar-refractivity contribution in [2.75, 3.05) is 19.5 Å². The second-order valence-corrected chi connectivity index (χ2v) is 6.80. The van der Waals surface area contributed by atoms with Gasteiger partial charge in [-0.3, -0.25) is 9.59 Å². The van der Waals surface area contributed by atoms with Crippen molar-refractivity contribution in [3.05, 3.63) is 72.4 Å². The van der Waals surface area contributed by atoms with E-state index in [4.69, 9.17) is 35.0 Å². The molecule has 0 saturated heterocycles. The van der Waals surface area contributed by atoms with Crippen LogP contribution >= 0.6 is 0 Å². The molecule has 186 valence electrons. The number of ether oxygens (including phenoxy) is 2. The van der Waals surface area contributed by atoms with Crippen LogP contribution in [0.1, 0.15) is 19.4 Å². The summed E-state index contributed by atoms with van der Waals surface area (Å²) < 4.78 is 10.8. The van der Waals surface area contributed by atoms with E-state index in [2.05, 4.69) is 15.3 Å². The molecule has 5 N–H and O–H groups in total. The first-order chi connectivity index (χ1) is 16.7. The predicted octanol–water partition coefficient (Wildman–Crippen LogP) is 3.87. The van der Waals surface area contributed by atoms with E-state index < -0.39 is 11.9 Å². The highest BCUT2D eigenvalue weighted by atomic mass is 16.5. The number of carbonyl (C=O) groups is 2. The molecular formula is C25H30N4O6. The van der Waals surface area contributed by atoms with E-state index in [1.807, 2.05) is 60.7 Å². The van der Waals surface area contributed by atoms with Crippen LogP contribution in [0.25, 0.3) is 11.1 Å². The number of carboxylic acid groups (broad SMARTS) is 2. The maximum atomic E-state index is 9.00. The van der Waals surface area contributed by atoms with Crippen molar-refractivity contribution < 1.29 is 29.3 Å². The van der Waals surface area contributed by atoms with Crippen molar-refractivity contribution >= 4 is 23.7 Å². The summed E-state index contributed by atoms with van der Waals surface area (Å²) in [6.45, 7) is 2.49. The van der Waals surface area contributed by atoms with Crippen LogP contribution in [0.5, 0.6) is 11.5 Å². The second kappa shape index (κ2) is 15.3. The number of nitrogens with one attached hydrogen (secondary N) is 1. The number of carboxylic acids is 2. The Morgan fingerprint density at radius 1 is 0.914 bits per heavy atom. The number of anilines is 1. The third-order valence-corrected chi connectivity index (χ3v) is 4.06. The van der Waals surface area contributed by atoms with Gasteiger partial charge in [0.25, 0.3) is 11.9 Å². The Balaban J connectivity index is 0.000000668. The Labute approximate surface area is 204 Å². The Hall–Kier alpha value is -4.60. The van der Waals surface area contributed by atoms with E-state index in [0.717, 1.165) is 30.5 Å². The number of rotatable bonds is 6. The predicted molar refractivity (Wildman–Crippen MR) is 135 cm³/mol. The number of nitrogens with two attached hydrogens (primary N) is 1. The van der Waals surface area contributed by atoms with Gasteiger partial charge in [-0.05, 0) is 35.4 Å². The molecule has 3 aromatic rings. The SMILES string of the molecule is CC(=O)O.CC(=O)O.COc1cccc(OC)c1CN=C(N)Nc1cc(-c2ccccc2)ccn1. The number of hydrogen-bond donors (Lipinski definition) is 4. The fourth-order valence-corrected chi connectivity index (χ4v) is 2.73. The first kappa shape index (κ1) is 28.4. The zero-order chi connectivity index (χ0) is 26.2. The smallest absolute Gasteiger partial charge is 0.300 e. The summed E-state index contributed by atoms with van der Waals surface area (Å²) in [7, 11) is 3.23. The van der Waals surface area contributed by atoms with Crippen molar-refractivity contribution in [1.82, 2.24) is 4.98 Å². The van der Waals surface area contributed by atoms with Crippen LogP contribution in [0.4, 0.5) is 5.82 Å². The molecule has 10 heteroatoms. The highest BCUT2D eigenvalue weighted by molar-refractivity contribution is 5.92. The lowest BCUT2D eigenvalue weighted by Gasteiger charge is -2.12. The molecule has 10 nitrogen and oxygen atoms in total. The minimum absolute atomic E-state index is 0.265. The van der Waals surface area contributed by atoms with Crippen molar-refractivity contribution in [3.8, 4) is 22.6 Å². The zero-order valence-corrected chi connectivity index (χ0v) is 20.1. The highest BCUT2D eigenvalue weighted by Crippen LogP contribution is 2.28. The molecule has 0 aliphatic carbocycles. The first-order valence-corrected chi connectivity index (χ1v) is 10.3. The molecule has 0 bridgehead atoms. The number of aromatic nitrogens is 1. The van der Waals surface area contributed by atoms with E-state index >= 15 is 0 Å². The summed E-state index contributed by atoms with van der Waals surface area (Å²) in [4.78, 5) is 26.7. The topological polar surface area (TPSA) is 156 Å². The molecule has 1 heterocycles. The largest absolute Gasteiger partial charge is 0.496 e. The number of methoxy groups -OCH3 is 2. The molecule has 0 fully saturated rings. The zero-order valence-electron chi connectivity index (χ0n) is 20.1. The molecule has 0 aliphatic heterocycles. The molecule has 0 unspecified atom stereocenters. The number of hydrogen-bond acceptors (Lipinski definition) is 6. The van der Waals surface area contributed by atoms with Crippen molar-refractivity contribution in [3.63, 3.8) is 0 Å². The van der Waals surface area contributed by atoms with Crippen LogP contribution in [0, 0.1) is 0 Å². The molecule has 0 atom stereocenters. The average molecular weight is 483 g/mol. The summed E-state index contributed by atoms with van der Waals surface area (Å²) in [6.07, 6.45) is 1.74. The number of aliphatic carboxylic acids is 2. The van der Waals surface area contributed by atoms with Crippen molar-refractivity contribution in [2.45, 2.75) is 20.4 Å². The molecule has 0 spiro atoms. The Kier molecular flexibility index (Phi) is 12.4. The van der Waals surface area contributed by atoms with E-state index in [1.54, 1.807) is 20.4 Å². The number of guanidine groups is 1. The summed E-state index contributed by atoms with van der Waals surface area (Å²) in [5, 5.41) is 17.9. The van der Waals surface area contributed by atoms with Gasteiger partial charge in [-0.2, -0.15) is 0 Å². The van der Waals surface area contributed by atoms with Gasteiger partial charge >= 0.3 is 0 Å². The summed E-state index contributed by atoms with van der Waals surface area (Å²) in [5.41, 5.74) is 9.03. The van der Waals surface area contributed by atoms with Gasteiger partial charge in [0.2, 0.25) is 0 Å². The number of pyridine rings is 1. The standard InChI is InChI=1S/C21H22N4O2.2C2H4O2/c1-26-18-9-6-10-19(27-2)17(18)14-24-21(22)25-20-13-16(11-12-23-20)15-7-4-3-5-8-15;2*1-2(3)4/h3-13H,14H2,1-2H3,(H3,22,23,24,25);2*1H3,(H,3,4). The molecule has 1 aromatic heterocycles. The van der Waals surface area contributed by atoms with Gasteiger partial charge in [0.05, 0.1) is 26.3 Å². The van der Waals surface area contributed by atoms with Gasteiger partial charge in [-0.15, -0.1) is 0 Å². The molecule has 35 heavy (non-hydrogen) atoms. The number of benzene rings is 2. The molecule has 0 radical (unpaired) electrons. The molecule has 3 rings (SSSR count). The third kappa shape index (κ3) is 11.2. The summed E-state index contributed by atoms with van der Waals surface area (Å²) >= 11 is 0. The fraction of sp³-hybridized carbons (Fsp3) is 0.200. The molecule has 0 amide bonds. The van der Waals surface area contributed by atoms with Gasteiger partial charge in [0.1, 0.15) is 17.3 Å². The van der Waals surface area contributed by atoms with Gasteiger partial charge in [-0.1, -0.05) is 36.4 Å². The van der Waals surface area contributed by atoms with E-state index in [-0.39, 0.29) is 5.96 Å². The van der Waals surface area contributed by atoms with Crippen LogP contribution < -0.4 is 20.5 Å². The lowest BCUT2D eigenvalue weighted by atomic mass is 10.1. The number of nitrogens with zero attached hydrogens (tertiary/aromatic N) is 2. The van der Waals surface area contributed by atoms with Gasteiger partial charge < -0.3 is 30.7 Å². The Bertz CT molecular complexity index is 1080. The lowest BCUT2D eigenvalue weighted by molar-refractivity contribution is -0.135. The maximum absolute atomic E-state index is 9.00. The van der Waals surface area contributed by atoms with Crippen LogP contribution in [0.3, 0.4) is 0 Å². The fourth-order valence-electron chi connectivity index (χ4n) is 2.73. The van der Waals surface area contributed by atoms with Crippen LogP contribution in [-0.4, -0.2) is 47.3 Å². The Morgan fingerprint density at radius 2 is 1.46 bits per heavy atom. The third-order valence-electron chi connectivity index (χ3n) is 4.06. The van der Waals surface area contributed by atoms with Gasteiger partial charge in [0.15, 0.2) is 5.96 Å². The van der Waals surface area contributed by atoms with Crippen LogP contribution in [0.15, 0.2) is 71.9 Å². The molecule has 0 aliphatic rings. The van der Waals surface area contributed by atoms with Gasteiger partial charge in [-0.25, -0.2) is 9.98 Å². The minimum Gasteiger partial charge on any atom is -0.496 e. The summed E-state index contributed by atoms with van der Waals surface area (Å²) in [6, 6.07) is 19.6. The normalized spacial score (nSPS) is 10.0. The van der Waals surface area contributed by atoms with E-state index in [0.29, 0.717) is 23.9 Å². The first-order valence-electron chi connectivity index (χ1n) is 10.3. The van der Waals surface area contributed by atoms with Crippen molar-refractivity contribution in [1.29, 1.82) is 0 Å². The average Bonchev–Trinajstić information content (AvgIpc) is 2.82. The van der Waals surface area contributed by atoms with Crippen molar-refractivity contribution in [2.24, 2.45) is 10.7 Å². The molecule has 2 aromatic carbocycles. The van der Waals surface area contributed by atoms with Crippen LogP contribution in [0.2, 0.25) is 0 Å². The van der Waals surface area contributed by atoms with E-state index in [1.165, 1.54) is 0 Å². The Morgan fingerprint density at radius 3 is 1.97 bits per heavy atom. The summed E-state index contributed by atoms with van der Waals surface area (Å²) in [5.74, 6) is 0.635. The van der Waals surface area contributed by atoms with Crippen LogP contribution in [-0.2, 0) is 16.1 Å². The quantitative estimate of drug-likeness (QED) is 0.302. The monoisotopic (exact) mass is 482 g/mol. The highest BCUT2D eigenvalue weighted by Gasteiger charge is 2.09. The minimum atomic E-state index is -0.833. The lowest BCUT2D eigenvalue weighted by Crippen LogP contribution is -2.23. The van der Waals surface area contributed by atoms with E-state index in [9.17, 15) is 0 Å². The molecule has 0 saturated carbocycles. The van der Waals surface area contributed by atoms with Gasteiger partial charge in [0, 0.05) is 20.0 Å². The second-order valence-electron chi connectivity index (χ2n) is 6.80. The molecular weight excluding hydrogens is 452 g/mol. The number of aliphatic imine (C=N–C) groups is 1.